The fourth-order valence-corrected chi connectivity index (χ4v) is 2.54. The molecule has 0 spiro atoms. The minimum absolute atomic E-state index is 0.0806. The highest BCUT2D eigenvalue weighted by Crippen LogP contribution is 2.40. The third-order valence-corrected chi connectivity index (χ3v) is 3.76. The fourth-order valence-electron chi connectivity index (χ4n) is 2.28. The average molecular weight is 305 g/mol. The number of hydrogen-bond donors (Lipinski definition) is 1. The van der Waals surface area contributed by atoms with Crippen molar-refractivity contribution in [1.29, 1.82) is 0 Å². The molecule has 0 fully saturated rings. The van der Waals surface area contributed by atoms with Crippen LogP contribution in [0.25, 0.3) is 0 Å². The summed E-state index contributed by atoms with van der Waals surface area (Å²) in [5.41, 5.74) is 1.97. The van der Waals surface area contributed by atoms with Gasteiger partial charge in [0.05, 0.1) is 6.10 Å². The Morgan fingerprint density at radius 3 is 2.56 bits per heavy atom. The van der Waals surface area contributed by atoms with Crippen molar-refractivity contribution in [3.8, 4) is 5.75 Å². The van der Waals surface area contributed by atoms with Crippen molar-refractivity contribution in [2.24, 2.45) is 0 Å². The van der Waals surface area contributed by atoms with Crippen LogP contribution < -0.4 is 4.74 Å². The normalized spacial score (nSPS) is 22.1. The van der Waals surface area contributed by atoms with E-state index in [1.54, 1.807) is 0 Å². The second-order valence-electron chi connectivity index (χ2n) is 4.45. The molecule has 0 aromatic heterocycles. The first-order valence-corrected chi connectivity index (χ1v) is 6.72. The number of halogens is 1. The first-order valence-electron chi connectivity index (χ1n) is 5.93. The highest BCUT2D eigenvalue weighted by molar-refractivity contribution is 9.10. The first kappa shape index (κ1) is 11.8. The maximum atomic E-state index is 10.2. The Morgan fingerprint density at radius 2 is 1.78 bits per heavy atom. The summed E-state index contributed by atoms with van der Waals surface area (Å²) < 4.78 is 7.00. The van der Waals surface area contributed by atoms with Crippen LogP contribution in [0.2, 0.25) is 0 Å². The highest BCUT2D eigenvalue weighted by Gasteiger charge is 2.27. The quantitative estimate of drug-likeness (QED) is 0.862. The molecule has 2 aromatic carbocycles. The lowest BCUT2D eigenvalue weighted by Gasteiger charge is -2.29. The zero-order valence-electron chi connectivity index (χ0n) is 9.71. The van der Waals surface area contributed by atoms with Gasteiger partial charge in [0.2, 0.25) is 0 Å². The minimum atomic E-state index is -0.455. The van der Waals surface area contributed by atoms with Crippen LogP contribution in [-0.2, 0) is 0 Å². The summed E-state index contributed by atoms with van der Waals surface area (Å²) in [5.74, 6) is 0.782. The Bertz CT molecular complexity index is 551. The molecule has 2 aromatic rings. The van der Waals surface area contributed by atoms with E-state index in [2.05, 4.69) is 15.9 Å². The Kier molecular flexibility index (Phi) is 3.10. The van der Waals surface area contributed by atoms with Gasteiger partial charge in [0.25, 0.3) is 0 Å². The van der Waals surface area contributed by atoms with Gasteiger partial charge in [0.15, 0.2) is 0 Å². The van der Waals surface area contributed by atoms with Gasteiger partial charge in [-0.25, -0.2) is 0 Å². The number of fused-ring (bicyclic) bond motifs is 1. The van der Waals surface area contributed by atoms with Gasteiger partial charge >= 0.3 is 0 Å². The largest absolute Gasteiger partial charge is 0.485 e. The van der Waals surface area contributed by atoms with E-state index in [4.69, 9.17) is 4.74 Å². The molecule has 2 unspecified atom stereocenters. The summed E-state index contributed by atoms with van der Waals surface area (Å²) in [6.45, 7) is 0. The Labute approximate surface area is 114 Å². The van der Waals surface area contributed by atoms with Gasteiger partial charge in [-0.15, -0.1) is 0 Å². The molecule has 0 bridgehead atoms. The molecular weight excluding hydrogens is 292 g/mol. The van der Waals surface area contributed by atoms with Crippen molar-refractivity contribution < 1.29 is 9.84 Å². The van der Waals surface area contributed by atoms with Gasteiger partial charge < -0.3 is 9.84 Å². The van der Waals surface area contributed by atoms with E-state index < -0.39 is 6.10 Å². The Morgan fingerprint density at radius 1 is 1.06 bits per heavy atom. The highest BCUT2D eigenvalue weighted by atomic mass is 79.9. The van der Waals surface area contributed by atoms with E-state index >= 15 is 0 Å². The van der Waals surface area contributed by atoms with Gasteiger partial charge in [0, 0.05) is 16.5 Å². The van der Waals surface area contributed by atoms with Crippen molar-refractivity contribution in [1.82, 2.24) is 0 Å². The van der Waals surface area contributed by atoms with Crippen LogP contribution in [0.15, 0.2) is 53.0 Å². The lowest BCUT2D eigenvalue weighted by molar-refractivity contribution is 0.0657. The van der Waals surface area contributed by atoms with Crippen molar-refractivity contribution in [3.05, 3.63) is 64.1 Å². The van der Waals surface area contributed by atoms with Crippen LogP contribution in [0.4, 0.5) is 0 Å². The molecule has 0 amide bonds. The Balaban J connectivity index is 1.92. The second kappa shape index (κ2) is 4.75. The third-order valence-electron chi connectivity index (χ3n) is 3.23. The minimum Gasteiger partial charge on any atom is -0.485 e. The van der Waals surface area contributed by atoms with Gasteiger partial charge in [-0.3, -0.25) is 0 Å². The standard InChI is InChI=1S/C15H13BrO2/c16-11-7-5-10(6-8-11)15-9-13(17)12-3-1-2-4-14(12)18-15/h1-8,13,15,17H,9H2. The molecule has 3 rings (SSSR count). The summed E-state index contributed by atoms with van der Waals surface area (Å²) in [7, 11) is 0. The van der Waals surface area contributed by atoms with Crippen molar-refractivity contribution in [2.45, 2.75) is 18.6 Å². The molecular formula is C15H13BrO2. The fraction of sp³-hybridized carbons (Fsp3) is 0.200. The number of para-hydroxylation sites is 1. The van der Waals surface area contributed by atoms with E-state index in [1.165, 1.54) is 0 Å². The van der Waals surface area contributed by atoms with E-state index in [9.17, 15) is 5.11 Å². The number of hydrogen-bond acceptors (Lipinski definition) is 2. The lowest BCUT2D eigenvalue weighted by Crippen LogP contribution is -2.18. The number of rotatable bonds is 1. The summed E-state index contributed by atoms with van der Waals surface area (Å²) >= 11 is 3.42. The van der Waals surface area contributed by atoms with Gasteiger partial charge in [-0.1, -0.05) is 46.3 Å². The summed E-state index contributed by atoms with van der Waals surface area (Å²) in [6, 6.07) is 15.7. The van der Waals surface area contributed by atoms with E-state index in [0.717, 1.165) is 21.3 Å². The third kappa shape index (κ3) is 2.16. The number of benzene rings is 2. The molecule has 0 radical (unpaired) electrons. The van der Waals surface area contributed by atoms with Crippen molar-refractivity contribution in [2.75, 3.05) is 0 Å². The molecule has 1 N–H and O–H groups in total. The van der Waals surface area contributed by atoms with E-state index in [-0.39, 0.29) is 6.10 Å². The first-order chi connectivity index (χ1) is 8.74. The van der Waals surface area contributed by atoms with E-state index in [0.29, 0.717) is 6.42 Å². The average Bonchev–Trinajstić information content (AvgIpc) is 2.39. The SMILES string of the molecule is OC1CC(c2ccc(Br)cc2)Oc2ccccc21. The lowest BCUT2D eigenvalue weighted by atomic mass is 9.95. The van der Waals surface area contributed by atoms with Crippen LogP contribution in [-0.4, -0.2) is 5.11 Å². The molecule has 1 aliphatic heterocycles. The molecule has 1 aliphatic rings. The zero-order chi connectivity index (χ0) is 12.5. The maximum Gasteiger partial charge on any atom is 0.127 e. The zero-order valence-corrected chi connectivity index (χ0v) is 11.3. The van der Waals surface area contributed by atoms with Gasteiger partial charge in [-0.2, -0.15) is 0 Å². The molecule has 92 valence electrons. The summed E-state index contributed by atoms with van der Waals surface area (Å²) in [4.78, 5) is 0. The molecule has 3 heteroatoms. The molecule has 2 atom stereocenters. The van der Waals surface area contributed by atoms with Gasteiger partial charge in [-0.05, 0) is 23.8 Å². The van der Waals surface area contributed by atoms with Gasteiger partial charge in [0.1, 0.15) is 11.9 Å². The van der Waals surface area contributed by atoms with Crippen molar-refractivity contribution >= 4 is 15.9 Å². The smallest absolute Gasteiger partial charge is 0.127 e. The van der Waals surface area contributed by atoms with Crippen LogP contribution in [0, 0.1) is 0 Å². The maximum absolute atomic E-state index is 10.2. The van der Waals surface area contributed by atoms with E-state index in [1.807, 2.05) is 48.5 Å². The topological polar surface area (TPSA) is 29.5 Å². The van der Waals surface area contributed by atoms with Crippen LogP contribution >= 0.6 is 15.9 Å². The number of aliphatic hydroxyl groups is 1. The Hall–Kier alpha value is -1.32. The summed E-state index contributed by atoms with van der Waals surface area (Å²) in [6.07, 6.45) is 0.0603. The van der Waals surface area contributed by atoms with Crippen molar-refractivity contribution in [3.63, 3.8) is 0 Å². The second-order valence-corrected chi connectivity index (χ2v) is 5.36. The molecule has 2 nitrogen and oxygen atoms in total. The molecule has 0 saturated carbocycles. The van der Waals surface area contributed by atoms with Crippen LogP contribution in [0.3, 0.4) is 0 Å². The molecule has 18 heavy (non-hydrogen) atoms. The predicted octanol–water partition coefficient (Wildman–Crippen LogP) is 4.01. The molecule has 1 heterocycles. The summed E-state index contributed by atoms with van der Waals surface area (Å²) in [5, 5.41) is 10.2. The molecule has 0 saturated heterocycles. The van der Waals surface area contributed by atoms with Crippen LogP contribution in [0.5, 0.6) is 5.75 Å². The molecule has 0 aliphatic carbocycles. The predicted molar refractivity (Wildman–Crippen MR) is 73.5 cm³/mol. The number of ether oxygens (including phenoxy) is 1. The monoisotopic (exact) mass is 304 g/mol. The number of aliphatic hydroxyl groups excluding tert-OH is 1. The van der Waals surface area contributed by atoms with Crippen LogP contribution in [0.1, 0.15) is 29.8 Å².